The number of benzene rings is 1. The lowest BCUT2D eigenvalue weighted by Gasteiger charge is -2.18. The summed E-state index contributed by atoms with van der Waals surface area (Å²) in [5.74, 6) is 0. The Morgan fingerprint density at radius 3 is 2.73 bits per heavy atom. The summed E-state index contributed by atoms with van der Waals surface area (Å²) < 4.78 is 0. The van der Waals surface area contributed by atoms with Crippen LogP contribution in [0.1, 0.15) is 18.1 Å². The predicted molar refractivity (Wildman–Crippen MR) is 66.0 cm³/mol. The average molecular weight is 206 g/mol. The van der Waals surface area contributed by atoms with Gasteiger partial charge in [0, 0.05) is 19.1 Å². The van der Waals surface area contributed by atoms with Crippen LogP contribution in [0, 0.1) is 6.92 Å². The summed E-state index contributed by atoms with van der Waals surface area (Å²) in [6.07, 6.45) is 1.10. The maximum Gasteiger partial charge on any atom is 0.0139 e. The molecular formula is C13H22N2. The topological polar surface area (TPSA) is 29.3 Å². The molecule has 0 saturated carbocycles. The molecular weight excluding hydrogens is 184 g/mol. The lowest BCUT2D eigenvalue weighted by atomic mass is 10.1. The van der Waals surface area contributed by atoms with Gasteiger partial charge in [-0.15, -0.1) is 0 Å². The first-order chi connectivity index (χ1) is 7.08. The average Bonchev–Trinajstić information content (AvgIpc) is 2.14. The lowest BCUT2D eigenvalue weighted by molar-refractivity contribution is 0.321. The molecule has 0 amide bonds. The summed E-state index contributed by atoms with van der Waals surface area (Å²) in [5.41, 5.74) is 8.49. The Bertz CT molecular complexity index is 294. The van der Waals surface area contributed by atoms with Crippen molar-refractivity contribution < 1.29 is 0 Å². The normalized spacial score (nSPS) is 13.1. The highest BCUT2D eigenvalue weighted by molar-refractivity contribution is 5.22. The third kappa shape index (κ3) is 4.96. The molecule has 0 spiro atoms. The third-order valence-corrected chi connectivity index (χ3v) is 2.46. The number of hydrogen-bond donors (Lipinski definition) is 1. The molecule has 1 atom stereocenters. The molecule has 0 bridgehead atoms. The van der Waals surface area contributed by atoms with Gasteiger partial charge in [-0.1, -0.05) is 29.8 Å². The van der Waals surface area contributed by atoms with Crippen molar-refractivity contribution >= 4 is 0 Å². The molecule has 84 valence electrons. The van der Waals surface area contributed by atoms with Gasteiger partial charge >= 0.3 is 0 Å². The zero-order chi connectivity index (χ0) is 11.3. The highest BCUT2D eigenvalue weighted by Gasteiger charge is 2.02. The SMILES string of the molecule is Cc1cccc(CCN(C)CC(C)N)c1. The molecule has 2 N–H and O–H groups in total. The van der Waals surface area contributed by atoms with Crippen molar-refractivity contribution in [2.75, 3.05) is 20.1 Å². The Morgan fingerprint density at radius 1 is 1.40 bits per heavy atom. The van der Waals surface area contributed by atoms with Crippen molar-refractivity contribution in [1.82, 2.24) is 4.90 Å². The molecule has 1 unspecified atom stereocenters. The van der Waals surface area contributed by atoms with Crippen LogP contribution in [-0.4, -0.2) is 31.1 Å². The van der Waals surface area contributed by atoms with Crippen molar-refractivity contribution in [3.05, 3.63) is 35.4 Å². The second kappa shape index (κ2) is 5.89. The van der Waals surface area contributed by atoms with E-state index >= 15 is 0 Å². The number of nitrogens with two attached hydrogens (primary N) is 1. The quantitative estimate of drug-likeness (QED) is 0.796. The molecule has 0 fully saturated rings. The van der Waals surface area contributed by atoms with Gasteiger partial charge in [-0.05, 0) is 32.9 Å². The van der Waals surface area contributed by atoms with E-state index in [4.69, 9.17) is 5.73 Å². The van der Waals surface area contributed by atoms with Gasteiger partial charge in [0.2, 0.25) is 0 Å². The van der Waals surface area contributed by atoms with Crippen LogP contribution in [0.4, 0.5) is 0 Å². The standard InChI is InChI=1S/C13H22N2/c1-11-5-4-6-13(9-11)7-8-15(3)10-12(2)14/h4-6,9,12H,7-8,10,14H2,1-3H3. The Kier molecular flexibility index (Phi) is 4.79. The molecule has 0 aliphatic heterocycles. The molecule has 2 nitrogen and oxygen atoms in total. The number of hydrogen-bond acceptors (Lipinski definition) is 2. The molecule has 0 aliphatic carbocycles. The molecule has 0 heterocycles. The van der Waals surface area contributed by atoms with Gasteiger partial charge < -0.3 is 10.6 Å². The molecule has 0 aromatic heterocycles. The minimum atomic E-state index is 0.257. The fourth-order valence-electron chi connectivity index (χ4n) is 1.77. The molecule has 0 saturated heterocycles. The van der Waals surface area contributed by atoms with Gasteiger partial charge in [-0.3, -0.25) is 0 Å². The summed E-state index contributed by atoms with van der Waals surface area (Å²) in [5, 5.41) is 0. The Hall–Kier alpha value is -0.860. The molecule has 0 aliphatic rings. The molecule has 1 aromatic rings. The van der Waals surface area contributed by atoms with Crippen molar-refractivity contribution in [1.29, 1.82) is 0 Å². The summed E-state index contributed by atoms with van der Waals surface area (Å²) in [6, 6.07) is 8.95. The van der Waals surface area contributed by atoms with Crippen LogP contribution in [0.15, 0.2) is 24.3 Å². The number of likely N-dealkylation sites (N-methyl/N-ethyl adjacent to an activating group) is 1. The van der Waals surface area contributed by atoms with Crippen LogP contribution in [-0.2, 0) is 6.42 Å². The third-order valence-electron chi connectivity index (χ3n) is 2.46. The number of nitrogens with zero attached hydrogens (tertiary/aromatic N) is 1. The van der Waals surface area contributed by atoms with Gasteiger partial charge in [0.05, 0.1) is 0 Å². The lowest BCUT2D eigenvalue weighted by Crippen LogP contribution is -2.34. The van der Waals surface area contributed by atoms with Crippen LogP contribution < -0.4 is 5.73 Å². The highest BCUT2D eigenvalue weighted by atomic mass is 15.1. The largest absolute Gasteiger partial charge is 0.327 e. The van der Waals surface area contributed by atoms with Crippen LogP contribution in [0.5, 0.6) is 0 Å². The summed E-state index contributed by atoms with van der Waals surface area (Å²) >= 11 is 0. The van der Waals surface area contributed by atoms with Crippen molar-refractivity contribution in [3.63, 3.8) is 0 Å². The van der Waals surface area contributed by atoms with E-state index in [0.717, 1.165) is 19.5 Å². The van der Waals surface area contributed by atoms with Crippen molar-refractivity contribution in [3.8, 4) is 0 Å². The number of aryl methyl sites for hydroxylation is 1. The monoisotopic (exact) mass is 206 g/mol. The molecule has 15 heavy (non-hydrogen) atoms. The van der Waals surface area contributed by atoms with E-state index in [0.29, 0.717) is 0 Å². The zero-order valence-electron chi connectivity index (χ0n) is 10.0. The molecule has 1 aromatic carbocycles. The molecule has 0 radical (unpaired) electrons. The van der Waals surface area contributed by atoms with Crippen LogP contribution in [0.2, 0.25) is 0 Å². The van der Waals surface area contributed by atoms with E-state index in [-0.39, 0.29) is 6.04 Å². The first-order valence-electron chi connectivity index (χ1n) is 5.57. The first kappa shape index (κ1) is 12.2. The predicted octanol–water partition coefficient (Wildman–Crippen LogP) is 1.82. The summed E-state index contributed by atoms with van der Waals surface area (Å²) in [7, 11) is 2.12. The highest BCUT2D eigenvalue weighted by Crippen LogP contribution is 2.05. The maximum absolute atomic E-state index is 5.74. The minimum Gasteiger partial charge on any atom is -0.327 e. The van der Waals surface area contributed by atoms with Gasteiger partial charge in [0.25, 0.3) is 0 Å². The summed E-state index contributed by atoms with van der Waals surface area (Å²) in [6.45, 7) is 6.22. The van der Waals surface area contributed by atoms with Gasteiger partial charge in [-0.25, -0.2) is 0 Å². The Morgan fingerprint density at radius 2 is 2.13 bits per heavy atom. The van der Waals surface area contributed by atoms with Gasteiger partial charge in [0.15, 0.2) is 0 Å². The Balaban J connectivity index is 2.36. The second-order valence-electron chi connectivity index (χ2n) is 4.48. The van der Waals surface area contributed by atoms with Crippen molar-refractivity contribution in [2.45, 2.75) is 26.3 Å². The zero-order valence-corrected chi connectivity index (χ0v) is 10.0. The van der Waals surface area contributed by atoms with E-state index in [9.17, 15) is 0 Å². The van der Waals surface area contributed by atoms with Crippen molar-refractivity contribution in [2.24, 2.45) is 5.73 Å². The van der Waals surface area contributed by atoms with E-state index < -0.39 is 0 Å². The second-order valence-corrected chi connectivity index (χ2v) is 4.48. The van der Waals surface area contributed by atoms with E-state index in [2.05, 4.69) is 43.1 Å². The van der Waals surface area contributed by atoms with Gasteiger partial charge in [0.1, 0.15) is 0 Å². The maximum atomic E-state index is 5.74. The van der Waals surface area contributed by atoms with Gasteiger partial charge in [-0.2, -0.15) is 0 Å². The molecule has 1 rings (SSSR count). The minimum absolute atomic E-state index is 0.257. The van der Waals surface area contributed by atoms with E-state index in [1.54, 1.807) is 0 Å². The van der Waals surface area contributed by atoms with Crippen LogP contribution >= 0.6 is 0 Å². The smallest absolute Gasteiger partial charge is 0.0139 e. The first-order valence-corrected chi connectivity index (χ1v) is 5.57. The van der Waals surface area contributed by atoms with Crippen LogP contribution in [0.25, 0.3) is 0 Å². The number of rotatable bonds is 5. The van der Waals surface area contributed by atoms with E-state index in [1.165, 1.54) is 11.1 Å². The summed E-state index contributed by atoms with van der Waals surface area (Å²) in [4.78, 5) is 2.28. The fourth-order valence-corrected chi connectivity index (χ4v) is 1.77. The fraction of sp³-hybridized carbons (Fsp3) is 0.538. The Labute approximate surface area is 93.1 Å². The van der Waals surface area contributed by atoms with Crippen LogP contribution in [0.3, 0.4) is 0 Å². The molecule has 2 heteroatoms. The van der Waals surface area contributed by atoms with E-state index in [1.807, 2.05) is 6.92 Å².